The quantitative estimate of drug-likeness (QED) is 0.822. The monoisotopic (exact) mass is 352 g/mol. The van der Waals surface area contributed by atoms with E-state index in [1.54, 1.807) is 0 Å². The highest BCUT2D eigenvalue weighted by Crippen LogP contribution is 2.30. The van der Waals surface area contributed by atoms with Crippen molar-refractivity contribution in [3.05, 3.63) is 34.3 Å². The summed E-state index contributed by atoms with van der Waals surface area (Å²) in [6.45, 7) is 0.312. The fourth-order valence-electron chi connectivity index (χ4n) is 2.56. The number of carbonyl (C=O) groups is 3. The van der Waals surface area contributed by atoms with Gasteiger partial charge in [-0.2, -0.15) is 0 Å². The number of hydrogen-bond donors (Lipinski definition) is 1. The molecule has 2 aliphatic heterocycles. The van der Waals surface area contributed by atoms with E-state index in [4.69, 9.17) is 4.74 Å². The Hall–Kier alpha value is -1.89. The van der Waals surface area contributed by atoms with Gasteiger partial charge in [0.05, 0.1) is 6.54 Å². The second kappa shape index (κ2) is 5.48. The Morgan fingerprint density at radius 2 is 1.90 bits per heavy atom. The van der Waals surface area contributed by atoms with Gasteiger partial charge in [-0.3, -0.25) is 19.8 Å². The molecule has 7 heteroatoms. The Bertz CT molecular complexity index is 601. The lowest BCUT2D eigenvalue weighted by molar-refractivity contribution is -0.136. The largest absolute Gasteiger partial charge is 0.439 e. The lowest BCUT2D eigenvalue weighted by Crippen LogP contribution is -2.52. The molecule has 1 N–H and O–H groups in total. The molecule has 2 saturated heterocycles. The average Bonchev–Trinajstić information content (AvgIpc) is 2.81. The molecule has 2 atom stereocenters. The van der Waals surface area contributed by atoms with Crippen LogP contribution in [-0.4, -0.2) is 35.4 Å². The average molecular weight is 353 g/mol. The van der Waals surface area contributed by atoms with Gasteiger partial charge in [-0.05, 0) is 24.1 Å². The normalized spacial score (nSPS) is 25.8. The van der Waals surface area contributed by atoms with Crippen LogP contribution < -0.4 is 5.32 Å². The van der Waals surface area contributed by atoms with Gasteiger partial charge >= 0.3 is 6.09 Å². The summed E-state index contributed by atoms with van der Waals surface area (Å²) in [4.78, 5) is 36.4. The van der Waals surface area contributed by atoms with Crippen LogP contribution in [0.3, 0.4) is 0 Å². The van der Waals surface area contributed by atoms with Crippen molar-refractivity contribution in [2.45, 2.75) is 25.0 Å². The van der Waals surface area contributed by atoms with Crippen molar-refractivity contribution >= 4 is 33.8 Å². The number of piperidine rings is 1. The highest BCUT2D eigenvalue weighted by Gasteiger charge is 2.41. The summed E-state index contributed by atoms with van der Waals surface area (Å²) in [6, 6.07) is 6.86. The zero-order valence-corrected chi connectivity index (χ0v) is 12.6. The molecule has 6 nitrogen and oxygen atoms in total. The van der Waals surface area contributed by atoms with Crippen molar-refractivity contribution < 1.29 is 19.1 Å². The maximum atomic E-state index is 12.0. The van der Waals surface area contributed by atoms with Gasteiger partial charge < -0.3 is 4.74 Å². The van der Waals surface area contributed by atoms with Crippen molar-refractivity contribution in [3.8, 4) is 0 Å². The third-order valence-corrected chi connectivity index (χ3v) is 4.20. The van der Waals surface area contributed by atoms with Gasteiger partial charge in [0, 0.05) is 10.9 Å². The Morgan fingerprint density at radius 3 is 2.57 bits per heavy atom. The zero-order valence-electron chi connectivity index (χ0n) is 11.0. The van der Waals surface area contributed by atoms with Crippen LogP contribution in [0.2, 0.25) is 0 Å². The molecular weight excluding hydrogens is 340 g/mol. The van der Waals surface area contributed by atoms with Crippen LogP contribution in [0.25, 0.3) is 0 Å². The third-order valence-electron chi connectivity index (χ3n) is 3.67. The molecule has 21 heavy (non-hydrogen) atoms. The van der Waals surface area contributed by atoms with E-state index >= 15 is 0 Å². The van der Waals surface area contributed by atoms with Gasteiger partial charge in [-0.1, -0.05) is 28.1 Å². The van der Waals surface area contributed by atoms with Crippen molar-refractivity contribution in [1.29, 1.82) is 0 Å². The van der Waals surface area contributed by atoms with E-state index in [1.807, 2.05) is 24.3 Å². The van der Waals surface area contributed by atoms with Crippen LogP contribution in [0.15, 0.2) is 28.7 Å². The SMILES string of the molecule is O=C1CCC(N2C[C@H](c3ccc(Br)cc3)OC2=O)C(=O)N1. The second-order valence-electron chi connectivity index (χ2n) is 5.04. The fourth-order valence-corrected chi connectivity index (χ4v) is 2.83. The molecule has 0 aliphatic carbocycles. The van der Waals surface area contributed by atoms with E-state index < -0.39 is 24.1 Å². The van der Waals surface area contributed by atoms with Gasteiger partial charge in [-0.25, -0.2) is 4.79 Å². The van der Waals surface area contributed by atoms with Gasteiger partial charge in [0.15, 0.2) is 0 Å². The first-order valence-corrected chi connectivity index (χ1v) is 7.40. The molecule has 1 aromatic carbocycles. The molecule has 0 radical (unpaired) electrons. The van der Waals surface area contributed by atoms with Gasteiger partial charge in [0.1, 0.15) is 12.1 Å². The summed E-state index contributed by atoms with van der Waals surface area (Å²) in [5.41, 5.74) is 0.876. The molecule has 2 heterocycles. The molecule has 3 amide bonds. The predicted octanol–water partition coefficient (Wildman–Crippen LogP) is 1.75. The highest BCUT2D eigenvalue weighted by atomic mass is 79.9. The minimum Gasteiger partial charge on any atom is -0.439 e. The Balaban J connectivity index is 1.74. The Labute approximate surface area is 129 Å². The topological polar surface area (TPSA) is 75.7 Å². The minimum atomic E-state index is -0.629. The van der Waals surface area contributed by atoms with E-state index in [9.17, 15) is 14.4 Å². The first kappa shape index (κ1) is 14.1. The van der Waals surface area contributed by atoms with Crippen molar-refractivity contribution in [2.75, 3.05) is 6.54 Å². The van der Waals surface area contributed by atoms with E-state index in [-0.39, 0.29) is 12.3 Å². The van der Waals surface area contributed by atoms with Crippen LogP contribution in [0.1, 0.15) is 24.5 Å². The van der Waals surface area contributed by atoms with Gasteiger partial charge in [-0.15, -0.1) is 0 Å². The van der Waals surface area contributed by atoms with Crippen LogP contribution in [0.5, 0.6) is 0 Å². The van der Waals surface area contributed by atoms with Crippen LogP contribution in [-0.2, 0) is 14.3 Å². The smallest absolute Gasteiger partial charge is 0.411 e. The maximum absolute atomic E-state index is 12.0. The molecule has 2 aliphatic rings. The Kier molecular flexibility index (Phi) is 3.67. The molecule has 1 unspecified atom stereocenters. The number of ether oxygens (including phenoxy) is 1. The molecular formula is C14H13BrN2O4. The van der Waals surface area contributed by atoms with Crippen molar-refractivity contribution in [1.82, 2.24) is 10.2 Å². The van der Waals surface area contributed by atoms with Crippen molar-refractivity contribution in [3.63, 3.8) is 0 Å². The number of nitrogens with one attached hydrogen (secondary N) is 1. The number of amides is 3. The minimum absolute atomic E-state index is 0.239. The molecule has 0 saturated carbocycles. The van der Waals surface area contributed by atoms with E-state index in [0.29, 0.717) is 13.0 Å². The van der Waals surface area contributed by atoms with Gasteiger partial charge in [0.25, 0.3) is 0 Å². The second-order valence-corrected chi connectivity index (χ2v) is 5.96. The van der Waals surface area contributed by atoms with Crippen molar-refractivity contribution in [2.24, 2.45) is 0 Å². The first-order chi connectivity index (χ1) is 10.0. The zero-order chi connectivity index (χ0) is 15.0. The number of carbonyl (C=O) groups excluding carboxylic acids is 3. The number of rotatable bonds is 2. The Morgan fingerprint density at radius 1 is 1.19 bits per heavy atom. The summed E-state index contributed by atoms with van der Waals surface area (Å²) in [6.07, 6.45) is -0.330. The molecule has 0 bridgehead atoms. The highest BCUT2D eigenvalue weighted by molar-refractivity contribution is 9.10. The molecule has 3 rings (SSSR count). The number of imide groups is 1. The summed E-state index contributed by atoms with van der Waals surface area (Å²) in [7, 11) is 0. The van der Waals surface area contributed by atoms with E-state index in [0.717, 1.165) is 10.0 Å². The summed E-state index contributed by atoms with van der Waals surface area (Å²) in [5, 5.41) is 2.26. The van der Waals surface area contributed by atoms with E-state index in [2.05, 4.69) is 21.2 Å². The molecule has 0 spiro atoms. The predicted molar refractivity (Wildman–Crippen MR) is 76.2 cm³/mol. The van der Waals surface area contributed by atoms with Crippen LogP contribution in [0, 0.1) is 0 Å². The number of nitrogens with zero attached hydrogens (tertiary/aromatic N) is 1. The summed E-state index contributed by atoms with van der Waals surface area (Å²) in [5.74, 6) is -0.729. The standard InChI is InChI=1S/C14H13BrN2O4/c15-9-3-1-8(2-4-9)11-7-17(14(20)21-11)10-5-6-12(18)16-13(10)19/h1-4,10-11H,5-7H2,(H,16,18,19)/t10?,11-/m1/s1. The summed E-state index contributed by atoms with van der Waals surface area (Å²) >= 11 is 3.35. The lowest BCUT2D eigenvalue weighted by Gasteiger charge is -2.27. The lowest BCUT2D eigenvalue weighted by atomic mass is 10.0. The van der Waals surface area contributed by atoms with Gasteiger partial charge in [0.2, 0.25) is 11.8 Å². The number of halogens is 1. The molecule has 0 aromatic heterocycles. The molecule has 110 valence electrons. The summed E-state index contributed by atoms with van der Waals surface area (Å²) < 4.78 is 6.28. The third kappa shape index (κ3) is 2.78. The van der Waals surface area contributed by atoms with Crippen LogP contribution >= 0.6 is 15.9 Å². The fraction of sp³-hybridized carbons (Fsp3) is 0.357. The molecule has 2 fully saturated rings. The maximum Gasteiger partial charge on any atom is 0.411 e. The first-order valence-electron chi connectivity index (χ1n) is 6.61. The number of hydrogen-bond acceptors (Lipinski definition) is 4. The number of cyclic esters (lactones) is 1. The number of benzene rings is 1. The van der Waals surface area contributed by atoms with Crippen LogP contribution in [0.4, 0.5) is 4.79 Å². The molecule has 1 aromatic rings. The van der Waals surface area contributed by atoms with E-state index in [1.165, 1.54) is 4.90 Å².